The topological polar surface area (TPSA) is 110 Å². The number of rotatable bonds is 9. The van der Waals surface area contributed by atoms with Crippen LogP contribution < -0.4 is 5.32 Å². The maximum Gasteiger partial charge on any atom is 0.419 e. The van der Waals surface area contributed by atoms with Crippen molar-refractivity contribution in [3.8, 4) is 0 Å². The summed E-state index contributed by atoms with van der Waals surface area (Å²) >= 11 is 0. The van der Waals surface area contributed by atoms with Crippen LogP contribution in [0.2, 0.25) is 0 Å². The second kappa shape index (κ2) is 12.0. The predicted molar refractivity (Wildman–Crippen MR) is 139 cm³/mol. The number of halogens is 5. The molecule has 0 aromatic heterocycles. The van der Waals surface area contributed by atoms with Crippen molar-refractivity contribution >= 4 is 27.6 Å². The normalized spacial score (nSPS) is 19.8. The summed E-state index contributed by atoms with van der Waals surface area (Å²) in [4.78, 5) is 39.8. The van der Waals surface area contributed by atoms with Crippen LogP contribution >= 0.6 is 0 Å². The SMILES string of the molecule is CC[C@@H]1CC[C@H](C(=O)NC(c2cc(F)c(C(F)(F)F)cc2F)C2CC2)N1C(=O)c1cccc(S(=O)(=O)CC(=O)OC)c1. The van der Waals surface area contributed by atoms with Gasteiger partial charge in [-0.3, -0.25) is 14.4 Å². The highest BCUT2D eigenvalue weighted by molar-refractivity contribution is 7.92. The monoisotopic (exact) mass is 616 g/mol. The first-order valence-electron chi connectivity index (χ1n) is 13.3. The molecule has 0 spiro atoms. The van der Waals surface area contributed by atoms with Crippen LogP contribution in [0.3, 0.4) is 0 Å². The molecule has 1 N–H and O–H groups in total. The molecule has 2 amide bonds. The van der Waals surface area contributed by atoms with E-state index in [9.17, 15) is 44.8 Å². The Kier molecular flexibility index (Phi) is 8.95. The number of benzene rings is 2. The lowest BCUT2D eigenvalue weighted by molar-refractivity contribution is -0.140. The third-order valence-electron chi connectivity index (χ3n) is 7.60. The average molecular weight is 617 g/mol. The van der Waals surface area contributed by atoms with Gasteiger partial charge in [0, 0.05) is 17.2 Å². The summed E-state index contributed by atoms with van der Waals surface area (Å²) in [5.41, 5.74) is -2.21. The maximum atomic E-state index is 14.8. The minimum atomic E-state index is -5.10. The maximum absolute atomic E-state index is 14.8. The Balaban J connectivity index is 1.61. The molecule has 3 atom stereocenters. The second-order valence-electron chi connectivity index (χ2n) is 10.4. The summed E-state index contributed by atoms with van der Waals surface area (Å²) < 4.78 is 98.1. The average Bonchev–Trinajstić information content (AvgIpc) is 3.69. The van der Waals surface area contributed by atoms with Crippen LogP contribution in [0.5, 0.6) is 0 Å². The molecule has 2 aromatic carbocycles. The standard InChI is InChI=1S/C28H29F5N2O6S/c1-3-17-9-10-23(35(17)27(38)16-5-4-6-18(11-16)42(39,40)14-24(36)41-2)26(37)34-25(15-7-8-15)19-12-22(30)20(13-21(19)29)28(31,32)33/h4-6,11-13,15,17,23,25H,3,7-10,14H2,1-2H3,(H,34,37)/t17-,23-,25?/m1/s1. The van der Waals surface area contributed by atoms with Crippen LogP contribution in [0.15, 0.2) is 41.3 Å². The molecule has 0 bridgehead atoms. The molecule has 1 unspecified atom stereocenters. The van der Waals surface area contributed by atoms with Gasteiger partial charge in [-0.05, 0) is 68.4 Å². The van der Waals surface area contributed by atoms with Crippen molar-refractivity contribution in [2.24, 2.45) is 5.92 Å². The number of hydrogen-bond donors (Lipinski definition) is 1. The van der Waals surface area contributed by atoms with Crippen LogP contribution in [-0.2, 0) is 30.3 Å². The summed E-state index contributed by atoms with van der Waals surface area (Å²) in [7, 11) is -3.09. The Labute approximate surface area is 239 Å². The highest BCUT2D eigenvalue weighted by Crippen LogP contribution is 2.43. The van der Waals surface area contributed by atoms with Crippen LogP contribution in [0.1, 0.15) is 66.6 Å². The fourth-order valence-corrected chi connectivity index (χ4v) is 6.45. The van der Waals surface area contributed by atoms with E-state index in [4.69, 9.17) is 0 Å². The van der Waals surface area contributed by atoms with E-state index in [1.54, 1.807) is 6.92 Å². The van der Waals surface area contributed by atoms with Gasteiger partial charge in [0.15, 0.2) is 15.6 Å². The molecule has 228 valence electrons. The van der Waals surface area contributed by atoms with Crippen molar-refractivity contribution in [3.63, 3.8) is 0 Å². The van der Waals surface area contributed by atoms with Gasteiger partial charge in [-0.15, -0.1) is 0 Å². The number of nitrogens with one attached hydrogen (secondary N) is 1. The van der Waals surface area contributed by atoms with E-state index in [2.05, 4.69) is 10.1 Å². The van der Waals surface area contributed by atoms with Crippen LogP contribution in [0.4, 0.5) is 22.0 Å². The highest BCUT2D eigenvalue weighted by Gasteiger charge is 2.44. The Morgan fingerprint density at radius 2 is 1.74 bits per heavy atom. The number of ether oxygens (including phenoxy) is 1. The highest BCUT2D eigenvalue weighted by atomic mass is 32.2. The van der Waals surface area contributed by atoms with Gasteiger partial charge in [0.05, 0.1) is 23.6 Å². The summed E-state index contributed by atoms with van der Waals surface area (Å²) in [5.74, 6) is -6.56. The number of esters is 1. The Bertz CT molecular complexity index is 1490. The number of likely N-dealkylation sites (tertiary alicyclic amines) is 1. The molecule has 14 heteroatoms. The molecular formula is C28H29F5N2O6S. The van der Waals surface area contributed by atoms with Gasteiger partial charge in [0.25, 0.3) is 5.91 Å². The molecule has 4 rings (SSSR count). The molecule has 0 radical (unpaired) electrons. The minimum absolute atomic E-state index is 0.0475. The zero-order chi connectivity index (χ0) is 31.0. The van der Waals surface area contributed by atoms with Gasteiger partial charge in [0.2, 0.25) is 5.91 Å². The third-order valence-corrected chi connectivity index (χ3v) is 9.19. The molecule has 1 aliphatic carbocycles. The number of hydrogen-bond acceptors (Lipinski definition) is 6. The first-order valence-corrected chi connectivity index (χ1v) is 14.9. The van der Waals surface area contributed by atoms with E-state index in [0.29, 0.717) is 31.7 Å². The molecule has 2 fully saturated rings. The molecular weight excluding hydrogens is 587 g/mol. The quantitative estimate of drug-likeness (QED) is 0.326. The Morgan fingerprint density at radius 1 is 1.05 bits per heavy atom. The number of carbonyl (C=O) groups excluding carboxylic acids is 3. The predicted octanol–water partition coefficient (Wildman–Crippen LogP) is 4.58. The van der Waals surface area contributed by atoms with Crippen molar-refractivity contribution in [2.75, 3.05) is 12.9 Å². The molecule has 2 aliphatic rings. The van der Waals surface area contributed by atoms with E-state index in [1.165, 1.54) is 23.1 Å². The Morgan fingerprint density at radius 3 is 2.33 bits per heavy atom. The third kappa shape index (κ3) is 6.58. The first-order chi connectivity index (χ1) is 19.7. The largest absolute Gasteiger partial charge is 0.468 e. The smallest absolute Gasteiger partial charge is 0.419 e. The zero-order valence-electron chi connectivity index (χ0n) is 22.7. The van der Waals surface area contributed by atoms with Gasteiger partial charge in [-0.1, -0.05) is 13.0 Å². The van der Waals surface area contributed by atoms with E-state index in [-0.39, 0.29) is 28.9 Å². The summed E-state index contributed by atoms with van der Waals surface area (Å²) in [5, 5.41) is 2.64. The second-order valence-corrected chi connectivity index (χ2v) is 12.4. The molecule has 42 heavy (non-hydrogen) atoms. The van der Waals surface area contributed by atoms with Crippen LogP contribution in [0, 0.1) is 17.6 Å². The lowest BCUT2D eigenvalue weighted by Gasteiger charge is -2.31. The van der Waals surface area contributed by atoms with Crippen molar-refractivity contribution in [1.82, 2.24) is 10.2 Å². The van der Waals surface area contributed by atoms with E-state index in [0.717, 1.165) is 13.2 Å². The number of carbonyl (C=O) groups is 3. The first kappa shape index (κ1) is 31.4. The summed E-state index contributed by atoms with van der Waals surface area (Å²) in [6.45, 7) is 1.80. The van der Waals surface area contributed by atoms with Crippen molar-refractivity contribution in [1.29, 1.82) is 0 Å². The van der Waals surface area contributed by atoms with Crippen molar-refractivity contribution in [2.45, 2.75) is 68.2 Å². The van der Waals surface area contributed by atoms with E-state index in [1.807, 2.05) is 0 Å². The lowest BCUT2D eigenvalue weighted by atomic mass is 9.98. The fourth-order valence-electron chi connectivity index (χ4n) is 5.26. The van der Waals surface area contributed by atoms with Gasteiger partial charge in [0.1, 0.15) is 17.7 Å². The van der Waals surface area contributed by atoms with Crippen molar-refractivity contribution in [3.05, 3.63) is 64.7 Å². The summed E-state index contributed by atoms with van der Waals surface area (Å²) in [6.07, 6.45) is -2.93. The minimum Gasteiger partial charge on any atom is -0.468 e. The van der Waals surface area contributed by atoms with Crippen LogP contribution in [-0.4, -0.2) is 56.0 Å². The zero-order valence-corrected chi connectivity index (χ0v) is 23.5. The van der Waals surface area contributed by atoms with Gasteiger partial charge >= 0.3 is 12.1 Å². The summed E-state index contributed by atoms with van der Waals surface area (Å²) in [6, 6.07) is 2.98. The van der Waals surface area contributed by atoms with Gasteiger partial charge in [-0.2, -0.15) is 13.2 Å². The number of sulfone groups is 1. The number of amides is 2. The Hall–Kier alpha value is -3.55. The van der Waals surface area contributed by atoms with Crippen LogP contribution in [0.25, 0.3) is 0 Å². The van der Waals surface area contributed by atoms with Gasteiger partial charge in [-0.25, -0.2) is 17.2 Å². The van der Waals surface area contributed by atoms with Gasteiger partial charge < -0.3 is 15.0 Å². The van der Waals surface area contributed by atoms with E-state index < -0.39 is 80.4 Å². The molecule has 1 heterocycles. The molecule has 8 nitrogen and oxygen atoms in total. The number of alkyl halides is 3. The molecule has 2 aromatic rings. The molecule has 1 aliphatic heterocycles. The molecule has 1 saturated heterocycles. The molecule has 1 saturated carbocycles. The van der Waals surface area contributed by atoms with E-state index >= 15 is 0 Å². The van der Waals surface area contributed by atoms with Crippen molar-refractivity contribution < 1.29 is 49.5 Å². The lowest BCUT2D eigenvalue weighted by Crippen LogP contribution is -2.49. The fraction of sp³-hybridized carbons (Fsp3) is 0.464. The number of methoxy groups -OCH3 is 1. The number of nitrogens with zero attached hydrogens (tertiary/aromatic N) is 1.